The number of piperidine rings is 1. The highest BCUT2D eigenvalue weighted by atomic mass is 32.2. The van der Waals surface area contributed by atoms with E-state index < -0.39 is 27.4 Å². The van der Waals surface area contributed by atoms with Crippen LogP contribution in [0.15, 0.2) is 53.4 Å². The maximum absolute atomic E-state index is 12.9. The number of nitrogens with zero attached hydrogens (tertiary/aromatic N) is 2. The van der Waals surface area contributed by atoms with Crippen LogP contribution in [0.2, 0.25) is 0 Å². The fourth-order valence-electron chi connectivity index (χ4n) is 3.29. The first-order valence-electron chi connectivity index (χ1n) is 8.47. The number of halogens is 3. The molecule has 0 spiro atoms. The highest BCUT2D eigenvalue weighted by Crippen LogP contribution is 2.38. The normalized spacial score (nSPS) is 17.8. The van der Waals surface area contributed by atoms with Gasteiger partial charge in [0.25, 0.3) is 0 Å². The molecule has 0 atom stereocenters. The van der Waals surface area contributed by atoms with Crippen LogP contribution in [0.4, 0.5) is 13.2 Å². The fourth-order valence-corrected chi connectivity index (χ4v) is 4.88. The molecule has 5 nitrogen and oxygen atoms in total. The lowest BCUT2D eigenvalue weighted by Crippen LogP contribution is -2.45. The molecule has 1 N–H and O–H groups in total. The van der Waals surface area contributed by atoms with Gasteiger partial charge in [-0.1, -0.05) is 24.3 Å². The van der Waals surface area contributed by atoms with Gasteiger partial charge in [-0.3, -0.25) is 0 Å². The van der Waals surface area contributed by atoms with Crippen molar-refractivity contribution in [1.29, 1.82) is 5.26 Å². The van der Waals surface area contributed by atoms with Crippen molar-refractivity contribution < 1.29 is 26.7 Å². The maximum Gasteiger partial charge on any atom is 0.416 e. The molecule has 28 heavy (non-hydrogen) atoms. The van der Waals surface area contributed by atoms with Crippen molar-refractivity contribution in [2.24, 2.45) is 0 Å². The lowest BCUT2D eigenvalue weighted by molar-refractivity contribution is -0.137. The van der Waals surface area contributed by atoms with Crippen LogP contribution in [-0.4, -0.2) is 30.9 Å². The third-order valence-corrected chi connectivity index (χ3v) is 6.86. The second kappa shape index (κ2) is 7.20. The van der Waals surface area contributed by atoms with Gasteiger partial charge in [0, 0.05) is 13.1 Å². The molecule has 0 bridgehead atoms. The van der Waals surface area contributed by atoms with Gasteiger partial charge < -0.3 is 5.11 Å². The van der Waals surface area contributed by atoms with Gasteiger partial charge in [-0.05, 0) is 42.7 Å². The molecule has 0 aliphatic carbocycles. The SMILES string of the molecule is N#Cc1ccccc1S(=O)(=O)N1CCC(O)(c2cccc(C(F)(F)F)c2)CC1. The van der Waals surface area contributed by atoms with E-state index >= 15 is 0 Å². The van der Waals surface area contributed by atoms with Gasteiger partial charge in [-0.2, -0.15) is 22.7 Å². The van der Waals surface area contributed by atoms with Gasteiger partial charge in [0.15, 0.2) is 0 Å². The van der Waals surface area contributed by atoms with Crippen LogP contribution in [0.3, 0.4) is 0 Å². The molecular weight excluding hydrogens is 393 g/mol. The van der Waals surface area contributed by atoms with E-state index in [9.17, 15) is 26.7 Å². The molecule has 2 aromatic carbocycles. The Morgan fingerprint density at radius 3 is 2.32 bits per heavy atom. The second-order valence-corrected chi connectivity index (χ2v) is 8.53. The van der Waals surface area contributed by atoms with Crippen molar-refractivity contribution in [3.05, 3.63) is 65.2 Å². The third-order valence-electron chi connectivity index (χ3n) is 4.90. The Balaban J connectivity index is 1.83. The number of nitriles is 1. The van der Waals surface area contributed by atoms with Gasteiger partial charge >= 0.3 is 6.18 Å². The number of sulfonamides is 1. The zero-order valence-electron chi connectivity index (χ0n) is 14.6. The third kappa shape index (κ3) is 3.76. The van der Waals surface area contributed by atoms with Crippen LogP contribution in [0.1, 0.15) is 29.5 Å². The van der Waals surface area contributed by atoms with E-state index in [4.69, 9.17) is 5.26 Å². The smallest absolute Gasteiger partial charge is 0.385 e. The number of rotatable bonds is 3. The van der Waals surface area contributed by atoms with Gasteiger partial charge in [0.05, 0.1) is 21.6 Å². The molecule has 2 aromatic rings. The minimum atomic E-state index is -4.53. The van der Waals surface area contributed by atoms with Crippen LogP contribution >= 0.6 is 0 Å². The summed E-state index contributed by atoms with van der Waals surface area (Å²) in [5.74, 6) is 0. The molecule has 1 aliphatic rings. The molecule has 1 saturated heterocycles. The van der Waals surface area contributed by atoms with Gasteiger partial charge in [-0.15, -0.1) is 0 Å². The standard InChI is InChI=1S/C19H17F3N2O3S/c20-19(21,22)16-6-3-5-15(12-16)18(25)8-10-24(11-9-18)28(26,27)17-7-2-1-4-14(17)13-23/h1-7,12,25H,8-11H2. The van der Waals surface area contributed by atoms with Crippen molar-refractivity contribution in [3.63, 3.8) is 0 Å². The van der Waals surface area contributed by atoms with E-state index in [1.165, 1.54) is 30.3 Å². The van der Waals surface area contributed by atoms with Crippen LogP contribution in [0.25, 0.3) is 0 Å². The van der Waals surface area contributed by atoms with Crippen molar-refractivity contribution in [2.45, 2.75) is 29.5 Å². The molecule has 1 aliphatic heterocycles. The zero-order valence-corrected chi connectivity index (χ0v) is 15.5. The molecule has 148 valence electrons. The Bertz CT molecular complexity index is 1020. The first kappa shape index (κ1) is 20.3. The summed E-state index contributed by atoms with van der Waals surface area (Å²) in [6.07, 6.45) is -4.64. The topological polar surface area (TPSA) is 81.4 Å². The summed E-state index contributed by atoms with van der Waals surface area (Å²) in [5, 5.41) is 20.0. The van der Waals surface area contributed by atoms with Crippen LogP contribution in [-0.2, 0) is 21.8 Å². The highest BCUT2D eigenvalue weighted by molar-refractivity contribution is 7.89. The van der Waals surface area contributed by atoms with Gasteiger partial charge in [-0.25, -0.2) is 8.42 Å². The monoisotopic (exact) mass is 410 g/mol. The number of aliphatic hydroxyl groups is 1. The average molecular weight is 410 g/mol. The number of hydrogen-bond acceptors (Lipinski definition) is 4. The largest absolute Gasteiger partial charge is 0.416 e. The van der Waals surface area contributed by atoms with E-state index in [0.717, 1.165) is 16.4 Å². The van der Waals surface area contributed by atoms with Crippen molar-refractivity contribution in [2.75, 3.05) is 13.1 Å². The minimum absolute atomic E-state index is 0.0150. The van der Waals surface area contributed by atoms with E-state index in [2.05, 4.69) is 0 Å². The molecular formula is C19H17F3N2O3S. The van der Waals surface area contributed by atoms with Crippen LogP contribution in [0.5, 0.6) is 0 Å². The minimum Gasteiger partial charge on any atom is -0.385 e. The molecule has 0 unspecified atom stereocenters. The molecule has 1 heterocycles. The number of benzene rings is 2. The van der Waals surface area contributed by atoms with Gasteiger partial charge in [0.1, 0.15) is 6.07 Å². The number of alkyl halides is 3. The van der Waals surface area contributed by atoms with Crippen LogP contribution in [0, 0.1) is 11.3 Å². The lowest BCUT2D eigenvalue weighted by Gasteiger charge is -2.38. The van der Waals surface area contributed by atoms with Crippen LogP contribution < -0.4 is 0 Å². The number of hydrogen-bond donors (Lipinski definition) is 1. The molecule has 0 aromatic heterocycles. The summed E-state index contributed by atoms with van der Waals surface area (Å²) in [7, 11) is -3.95. The molecule has 0 radical (unpaired) electrons. The Kier molecular flexibility index (Phi) is 5.23. The summed E-state index contributed by atoms with van der Waals surface area (Å²) in [5.41, 5.74) is -2.29. The zero-order chi connectivity index (χ0) is 20.6. The molecule has 9 heteroatoms. The average Bonchev–Trinajstić information content (AvgIpc) is 2.68. The van der Waals surface area contributed by atoms with E-state index in [-0.39, 0.29) is 42.0 Å². The Morgan fingerprint density at radius 2 is 1.71 bits per heavy atom. The Labute approximate surface area is 160 Å². The summed E-state index contributed by atoms with van der Waals surface area (Å²) in [4.78, 5) is -0.123. The quantitative estimate of drug-likeness (QED) is 0.842. The predicted molar refractivity (Wildman–Crippen MR) is 94.5 cm³/mol. The maximum atomic E-state index is 12.9. The molecule has 3 rings (SSSR count). The highest BCUT2D eigenvalue weighted by Gasteiger charge is 2.40. The fraction of sp³-hybridized carbons (Fsp3) is 0.316. The summed E-state index contributed by atoms with van der Waals surface area (Å²) < 4.78 is 65.7. The van der Waals surface area contributed by atoms with E-state index in [0.29, 0.717) is 0 Å². The van der Waals surface area contributed by atoms with E-state index in [1.54, 1.807) is 6.07 Å². The lowest BCUT2D eigenvalue weighted by atomic mass is 9.84. The predicted octanol–water partition coefficient (Wildman–Crippen LogP) is 3.25. The summed E-state index contributed by atoms with van der Waals surface area (Å²) in [6, 6.07) is 12.1. The first-order valence-corrected chi connectivity index (χ1v) is 9.91. The Morgan fingerprint density at radius 1 is 1.07 bits per heavy atom. The van der Waals surface area contributed by atoms with Crippen molar-refractivity contribution >= 4 is 10.0 Å². The van der Waals surface area contributed by atoms with E-state index in [1.807, 2.05) is 6.07 Å². The molecule has 0 amide bonds. The molecule has 1 fully saturated rings. The van der Waals surface area contributed by atoms with Crippen molar-refractivity contribution in [3.8, 4) is 6.07 Å². The first-order chi connectivity index (χ1) is 13.1. The van der Waals surface area contributed by atoms with Crippen molar-refractivity contribution in [1.82, 2.24) is 4.31 Å². The summed E-state index contributed by atoms with van der Waals surface area (Å²) in [6.45, 7) is -0.149. The molecule has 0 saturated carbocycles. The van der Waals surface area contributed by atoms with Gasteiger partial charge in [0.2, 0.25) is 10.0 Å². The second-order valence-electron chi connectivity index (χ2n) is 6.62. The summed E-state index contributed by atoms with van der Waals surface area (Å²) >= 11 is 0. The Hall–Kier alpha value is -2.41.